The molecule has 0 bridgehead atoms. The van der Waals surface area contributed by atoms with E-state index in [0.717, 1.165) is 11.3 Å². The van der Waals surface area contributed by atoms with Crippen molar-refractivity contribution >= 4 is 23.2 Å². The Kier molecular flexibility index (Phi) is 3.77. The first-order valence-electron chi connectivity index (χ1n) is 5.11. The number of para-hydroxylation sites is 1. The molecule has 0 unspecified atom stereocenters. The number of ether oxygens (including phenoxy) is 1. The van der Waals surface area contributed by atoms with E-state index in [2.05, 4.69) is 15.3 Å². The van der Waals surface area contributed by atoms with Crippen LogP contribution in [0.1, 0.15) is 5.56 Å². The van der Waals surface area contributed by atoms with Gasteiger partial charge < -0.3 is 10.1 Å². The van der Waals surface area contributed by atoms with Crippen molar-refractivity contribution in [3.63, 3.8) is 0 Å². The Bertz CT molecular complexity index is 505. The molecule has 4 nitrogen and oxygen atoms in total. The molecule has 2 aromatic rings. The van der Waals surface area contributed by atoms with Crippen LogP contribution in [0.25, 0.3) is 0 Å². The first kappa shape index (κ1) is 11.7. The number of hydrogen-bond acceptors (Lipinski definition) is 4. The van der Waals surface area contributed by atoms with Gasteiger partial charge in [0, 0.05) is 23.8 Å². The topological polar surface area (TPSA) is 47.0 Å². The number of anilines is 2. The fourth-order valence-electron chi connectivity index (χ4n) is 1.40. The van der Waals surface area contributed by atoms with Crippen molar-refractivity contribution < 1.29 is 4.74 Å². The molecule has 0 radical (unpaired) electrons. The molecular formula is C12H12ClN3O. The maximum atomic E-state index is 5.85. The maximum absolute atomic E-state index is 5.85. The van der Waals surface area contributed by atoms with Gasteiger partial charge in [-0.05, 0) is 11.6 Å². The summed E-state index contributed by atoms with van der Waals surface area (Å²) in [6.07, 6.45) is 1.64. The number of aromatic nitrogens is 2. The molecule has 0 spiro atoms. The molecule has 1 heterocycles. The first-order chi connectivity index (χ1) is 8.33. The highest BCUT2D eigenvalue weighted by molar-refractivity contribution is 6.17. The zero-order valence-corrected chi connectivity index (χ0v) is 10.1. The summed E-state index contributed by atoms with van der Waals surface area (Å²) >= 11 is 5.85. The van der Waals surface area contributed by atoms with Crippen LogP contribution in [0.3, 0.4) is 0 Å². The summed E-state index contributed by atoms with van der Waals surface area (Å²) in [5.41, 5.74) is 1.90. The van der Waals surface area contributed by atoms with Crippen molar-refractivity contribution in [2.45, 2.75) is 5.88 Å². The van der Waals surface area contributed by atoms with E-state index in [1.54, 1.807) is 19.4 Å². The molecule has 1 aromatic carbocycles. The number of rotatable bonds is 4. The minimum absolute atomic E-state index is 0.438. The Morgan fingerprint density at radius 1 is 1.29 bits per heavy atom. The lowest BCUT2D eigenvalue weighted by Gasteiger charge is -2.09. The van der Waals surface area contributed by atoms with Gasteiger partial charge in [0.15, 0.2) is 0 Å². The predicted octanol–water partition coefficient (Wildman–Crippen LogP) is 2.97. The normalized spacial score (nSPS) is 10.0. The number of halogens is 1. The lowest BCUT2D eigenvalue weighted by molar-refractivity contribution is 0.397. The molecule has 2 rings (SSSR count). The Morgan fingerprint density at radius 2 is 2.12 bits per heavy atom. The second-order valence-electron chi connectivity index (χ2n) is 3.34. The first-order valence-corrected chi connectivity index (χ1v) is 5.65. The average Bonchev–Trinajstić information content (AvgIpc) is 2.39. The summed E-state index contributed by atoms with van der Waals surface area (Å²) in [4.78, 5) is 8.29. The molecule has 0 atom stereocenters. The quantitative estimate of drug-likeness (QED) is 0.847. The third-order valence-corrected chi connectivity index (χ3v) is 2.53. The summed E-state index contributed by atoms with van der Waals surface area (Å²) < 4.78 is 5.03. The zero-order valence-electron chi connectivity index (χ0n) is 9.35. The Morgan fingerprint density at radius 3 is 2.88 bits per heavy atom. The largest absolute Gasteiger partial charge is 0.481 e. The fourth-order valence-corrected chi connectivity index (χ4v) is 1.63. The predicted molar refractivity (Wildman–Crippen MR) is 67.9 cm³/mol. The third kappa shape index (κ3) is 2.85. The molecule has 88 valence electrons. The number of methoxy groups -OCH3 is 1. The van der Waals surface area contributed by atoms with Crippen LogP contribution in [-0.2, 0) is 5.88 Å². The van der Waals surface area contributed by atoms with E-state index in [9.17, 15) is 0 Å². The summed E-state index contributed by atoms with van der Waals surface area (Å²) in [7, 11) is 1.57. The van der Waals surface area contributed by atoms with Gasteiger partial charge in [0.25, 0.3) is 0 Å². The van der Waals surface area contributed by atoms with Crippen LogP contribution in [0.4, 0.5) is 11.6 Å². The molecule has 17 heavy (non-hydrogen) atoms. The number of nitrogens with zero attached hydrogens (tertiary/aromatic N) is 2. The van der Waals surface area contributed by atoms with Crippen molar-refractivity contribution in [3.8, 4) is 5.88 Å². The standard InChI is InChI=1S/C12H12ClN3O/c1-17-11-6-7-14-12(16-11)15-10-5-3-2-4-9(10)8-13/h2-7H,8H2,1H3,(H,14,15,16). The molecule has 0 aliphatic heterocycles. The number of hydrogen-bond donors (Lipinski definition) is 1. The number of benzene rings is 1. The van der Waals surface area contributed by atoms with Crippen LogP contribution in [0.5, 0.6) is 5.88 Å². The number of alkyl halides is 1. The van der Waals surface area contributed by atoms with E-state index in [1.807, 2.05) is 24.3 Å². The van der Waals surface area contributed by atoms with Gasteiger partial charge >= 0.3 is 0 Å². The molecule has 0 aliphatic carbocycles. The highest BCUT2D eigenvalue weighted by Gasteiger charge is 2.03. The van der Waals surface area contributed by atoms with Crippen LogP contribution in [0.2, 0.25) is 0 Å². The summed E-state index contributed by atoms with van der Waals surface area (Å²) in [6.45, 7) is 0. The van der Waals surface area contributed by atoms with Crippen molar-refractivity contribution in [2.24, 2.45) is 0 Å². The third-order valence-electron chi connectivity index (χ3n) is 2.25. The smallest absolute Gasteiger partial charge is 0.230 e. The molecule has 0 saturated carbocycles. The highest BCUT2D eigenvalue weighted by atomic mass is 35.5. The van der Waals surface area contributed by atoms with E-state index in [1.165, 1.54) is 0 Å². The molecular weight excluding hydrogens is 238 g/mol. The SMILES string of the molecule is COc1ccnc(Nc2ccccc2CCl)n1. The van der Waals surface area contributed by atoms with Crippen molar-refractivity contribution in [1.29, 1.82) is 0 Å². The van der Waals surface area contributed by atoms with Gasteiger partial charge in [-0.1, -0.05) is 18.2 Å². The fraction of sp³-hybridized carbons (Fsp3) is 0.167. The molecule has 0 aliphatic rings. The average molecular weight is 250 g/mol. The van der Waals surface area contributed by atoms with E-state index in [-0.39, 0.29) is 0 Å². The van der Waals surface area contributed by atoms with E-state index >= 15 is 0 Å². The Balaban J connectivity index is 2.24. The van der Waals surface area contributed by atoms with Gasteiger partial charge in [0.05, 0.1) is 7.11 Å². The zero-order chi connectivity index (χ0) is 12.1. The van der Waals surface area contributed by atoms with Crippen LogP contribution in [0.15, 0.2) is 36.5 Å². The molecule has 1 aromatic heterocycles. The molecule has 5 heteroatoms. The summed E-state index contributed by atoms with van der Waals surface area (Å²) in [5.74, 6) is 1.44. The van der Waals surface area contributed by atoms with E-state index in [4.69, 9.17) is 16.3 Å². The second kappa shape index (κ2) is 5.50. The van der Waals surface area contributed by atoms with E-state index < -0.39 is 0 Å². The van der Waals surface area contributed by atoms with Crippen LogP contribution in [-0.4, -0.2) is 17.1 Å². The van der Waals surface area contributed by atoms with Gasteiger partial charge in [-0.2, -0.15) is 4.98 Å². The lowest BCUT2D eigenvalue weighted by Crippen LogP contribution is -2.00. The second-order valence-corrected chi connectivity index (χ2v) is 3.61. The van der Waals surface area contributed by atoms with E-state index in [0.29, 0.717) is 17.7 Å². The summed E-state index contributed by atoms with van der Waals surface area (Å²) in [5, 5.41) is 3.11. The Labute approximate surface area is 105 Å². The van der Waals surface area contributed by atoms with Crippen LogP contribution >= 0.6 is 11.6 Å². The number of nitrogens with one attached hydrogen (secondary N) is 1. The minimum Gasteiger partial charge on any atom is -0.481 e. The van der Waals surface area contributed by atoms with Gasteiger partial charge in [0.1, 0.15) is 0 Å². The summed E-state index contributed by atoms with van der Waals surface area (Å²) in [6, 6.07) is 9.45. The van der Waals surface area contributed by atoms with Crippen molar-refractivity contribution in [3.05, 3.63) is 42.1 Å². The molecule has 0 amide bonds. The maximum Gasteiger partial charge on any atom is 0.230 e. The molecule has 0 fully saturated rings. The molecule has 1 N–H and O–H groups in total. The van der Waals surface area contributed by atoms with Gasteiger partial charge in [0.2, 0.25) is 11.8 Å². The van der Waals surface area contributed by atoms with Crippen molar-refractivity contribution in [1.82, 2.24) is 9.97 Å². The lowest BCUT2D eigenvalue weighted by atomic mass is 10.2. The van der Waals surface area contributed by atoms with Crippen LogP contribution < -0.4 is 10.1 Å². The van der Waals surface area contributed by atoms with Crippen LogP contribution in [0, 0.1) is 0 Å². The monoisotopic (exact) mass is 249 g/mol. The van der Waals surface area contributed by atoms with Crippen molar-refractivity contribution in [2.75, 3.05) is 12.4 Å². The van der Waals surface area contributed by atoms with Gasteiger partial charge in [-0.25, -0.2) is 4.98 Å². The minimum atomic E-state index is 0.438. The van der Waals surface area contributed by atoms with Gasteiger partial charge in [-0.15, -0.1) is 11.6 Å². The Hall–Kier alpha value is -1.81. The molecule has 0 saturated heterocycles. The highest BCUT2D eigenvalue weighted by Crippen LogP contribution is 2.20. The van der Waals surface area contributed by atoms with Gasteiger partial charge in [-0.3, -0.25) is 0 Å².